The van der Waals surface area contributed by atoms with E-state index in [1.165, 1.54) is 0 Å². The minimum absolute atomic E-state index is 0.00570. The number of carbonyl (C=O) groups excluding carboxylic acids is 2. The van der Waals surface area contributed by atoms with Crippen LogP contribution in [0.2, 0.25) is 0 Å². The molecule has 0 atom stereocenters. The van der Waals surface area contributed by atoms with E-state index in [4.69, 9.17) is 0 Å². The second-order valence-corrected chi connectivity index (χ2v) is 9.92. The normalized spacial score (nSPS) is 12.8. The number of pyridine rings is 1. The molecular formula is C26H33N3O3. The summed E-state index contributed by atoms with van der Waals surface area (Å²) in [4.78, 5) is 43.3. The lowest BCUT2D eigenvalue weighted by molar-refractivity contribution is 0.0749. The van der Waals surface area contributed by atoms with Crippen molar-refractivity contribution in [1.29, 1.82) is 0 Å². The van der Waals surface area contributed by atoms with Crippen LogP contribution in [0.3, 0.4) is 0 Å². The van der Waals surface area contributed by atoms with Crippen LogP contribution in [-0.2, 0) is 7.05 Å². The summed E-state index contributed by atoms with van der Waals surface area (Å²) >= 11 is 0. The quantitative estimate of drug-likeness (QED) is 0.437. The highest BCUT2D eigenvalue weighted by molar-refractivity contribution is 6.06. The minimum Gasteiger partial charge on any atom is -0.344 e. The summed E-state index contributed by atoms with van der Waals surface area (Å²) in [5.41, 5.74) is 1.14. The van der Waals surface area contributed by atoms with Gasteiger partial charge in [0.2, 0.25) is 0 Å². The number of aromatic nitrogens is 1. The van der Waals surface area contributed by atoms with Crippen LogP contribution in [0.1, 0.15) is 48.4 Å². The predicted octanol–water partition coefficient (Wildman–Crippen LogP) is 3.69. The molecule has 2 aliphatic rings. The summed E-state index contributed by atoms with van der Waals surface area (Å²) in [5.74, 6) is -0.208. The summed E-state index contributed by atoms with van der Waals surface area (Å²) in [7, 11) is 9.30. The van der Waals surface area contributed by atoms with Gasteiger partial charge in [-0.25, -0.2) is 0 Å². The molecule has 0 bridgehead atoms. The van der Waals surface area contributed by atoms with Crippen LogP contribution in [0, 0.1) is 0 Å². The van der Waals surface area contributed by atoms with Gasteiger partial charge in [-0.3, -0.25) is 24.2 Å². The van der Waals surface area contributed by atoms with Gasteiger partial charge in [-0.05, 0) is 97.7 Å². The Bertz CT molecular complexity index is 1250. The van der Waals surface area contributed by atoms with Crippen LogP contribution >= 0.6 is 0 Å². The largest absolute Gasteiger partial charge is 0.344 e. The van der Waals surface area contributed by atoms with Crippen molar-refractivity contribution in [1.82, 2.24) is 14.4 Å². The Hall–Kier alpha value is -2.83. The summed E-state index contributed by atoms with van der Waals surface area (Å²) in [6.45, 7) is 7.40. The van der Waals surface area contributed by atoms with Crippen molar-refractivity contribution < 1.29 is 9.59 Å². The van der Waals surface area contributed by atoms with Crippen LogP contribution in [0.4, 0.5) is 0 Å². The predicted molar refractivity (Wildman–Crippen MR) is 130 cm³/mol. The number of hydrogen-bond acceptors (Lipinski definition) is 5. The van der Waals surface area contributed by atoms with Crippen LogP contribution in [0.15, 0.2) is 41.2 Å². The Kier molecular flexibility index (Phi) is 5.91. The Morgan fingerprint density at radius 1 is 0.812 bits per heavy atom. The number of benzene rings is 2. The molecule has 0 saturated heterocycles. The molecule has 6 nitrogen and oxygen atoms in total. The Balaban J connectivity index is 2.24. The molecule has 0 fully saturated rings. The third kappa shape index (κ3) is 3.67. The molecule has 0 N–H and O–H groups in total. The maximum absolute atomic E-state index is 13.4. The number of hydrogen-bond donors (Lipinski definition) is 0. The lowest BCUT2D eigenvalue weighted by atomic mass is 9.89. The van der Waals surface area contributed by atoms with Crippen molar-refractivity contribution in [2.45, 2.75) is 38.8 Å². The third-order valence-electron chi connectivity index (χ3n) is 7.08. The van der Waals surface area contributed by atoms with Gasteiger partial charge in [0.05, 0.1) is 22.3 Å². The molecule has 1 aromatic carbocycles. The molecule has 1 aromatic rings. The average Bonchev–Trinajstić information content (AvgIpc) is 2.73. The minimum atomic E-state index is -0.802. The fourth-order valence-corrected chi connectivity index (χ4v) is 3.69. The highest BCUT2D eigenvalue weighted by Gasteiger charge is 2.34. The Morgan fingerprint density at radius 2 is 1.38 bits per heavy atom. The number of aryl methyl sites for hydroxylation is 1. The molecule has 6 heteroatoms. The molecule has 1 heterocycles. The van der Waals surface area contributed by atoms with Gasteiger partial charge in [-0.2, -0.15) is 0 Å². The summed E-state index contributed by atoms with van der Waals surface area (Å²) in [6, 6.07) is 10.8. The van der Waals surface area contributed by atoms with Crippen molar-refractivity contribution in [2.24, 2.45) is 7.05 Å². The van der Waals surface area contributed by atoms with Gasteiger partial charge in [0.25, 0.3) is 0 Å². The zero-order valence-electron chi connectivity index (χ0n) is 20.5. The van der Waals surface area contributed by atoms with Crippen LogP contribution in [0.5, 0.6) is 0 Å². The van der Waals surface area contributed by atoms with Gasteiger partial charge >= 0.3 is 0 Å². The maximum atomic E-state index is 13.4. The molecule has 0 radical (unpaired) electrons. The number of likely N-dealkylation sites (N-methyl/N-ethyl adjacent to an activating group) is 2. The van der Waals surface area contributed by atoms with E-state index in [2.05, 4.69) is 0 Å². The molecular weight excluding hydrogens is 402 g/mol. The number of Topliss-reactive ketones (excluding diaryl/α,β-unsaturated/α-hetero) is 2. The third-order valence-corrected chi connectivity index (χ3v) is 7.08. The van der Waals surface area contributed by atoms with Gasteiger partial charge in [0.1, 0.15) is 0 Å². The van der Waals surface area contributed by atoms with E-state index in [1.807, 2.05) is 102 Å². The molecule has 0 amide bonds. The topological polar surface area (TPSA) is 62.6 Å². The smallest absolute Gasteiger partial charge is 0.198 e. The van der Waals surface area contributed by atoms with E-state index in [1.54, 1.807) is 12.1 Å². The lowest BCUT2D eigenvalue weighted by Gasteiger charge is -2.31. The highest BCUT2D eigenvalue weighted by Crippen LogP contribution is 2.29. The van der Waals surface area contributed by atoms with Crippen molar-refractivity contribution in [3.63, 3.8) is 0 Å². The van der Waals surface area contributed by atoms with Crippen LogP contribution in [0.25, 0.3) is 22.2 Å². The van der Waals surface area contributed by atoms with Crippen molar-refractivity contribution >= 4 is 22.5 Å². The fourth-order valence-electron chi connectivity index (χ4n) is 3.69. The number of ketones is 2. The van der Waals surface area contributed by atoms with Gasteiger partial charge in [0, 0.05) is 23.7 Å². The summed E-state index contributed by atoms with van der Waals surface area (Å²) in [5, 5.41) is 0.786. The van der Waals surface area contributed by atoms with Crippen molar-refractivity contribution in [3.05, 3.63) is 57.7 Å². The summed E-state index contributed by atoms with van der Waals surface area (Å²) < 4.78 is 1.93. The van der Waals surface area contributed by atoms with E-state index in [0.29, 0.717) is 11.1 Å². The second kappa shape index (κ2) is 7.94. The van der Waals surface area contributed by atoms with Crippen molar-refractivity contribution in [3.8, 4) is 11.3 Å². The van der Waals surface area contributed by atoms with Crippen LogP contribution in [-0.4, -0.2) is 65.2 Å². The molecule has 0 aromatic heterocycles. The molecule has 0 unspecified atom stereocenters. The van der Waals surface area contributed by atoms with Gasteiger partial charge in [-0.15, -0.1) is 0 Å². The fraction of sp³-hybridized carbons (Fsp3) is 0.423. The van der Waals surface area contributed by atoms with Crippen LogP contribution < -0.4 is 5.43 Å². The molecule has 1 aliphatic carbocycles. The first-order valence-electron chi connectivity index (χ1n) is 10.7. The number of rotatable bonds is 6. The first-order valence-corrected chi connectivity index (χ1v) is 10.7. The maximum Gasteiger partial charge on any atom is 0.198 e. The molecule has 1 aliphatic heterocycles. The Labute approximate surface area is 189 Å². The number of nitrogens with zero attached hydrogens (tertiary/aromatic N) is 3. The van der Waals surface area contributed by atoms with E-state index in [0.717, 1.165) is 16.6 Å². The first-order chi connectivity index (χ1) is 14.7. The lowest BCUT2D eigenvalue weighted by Crippen LogP contribution is -2.47. The molecule has 0 saturated carbocycles. The highest BCUT2D eigenvalue weighted by atomic mass is 16.1. The number of carbonyl (C=O) groups is 2. The molecule has 32 heavy (non-hydrogen) atoms. The first kappa shape index (κ1) is 23.8. The van der Waals surface area contributed by atoms with E-state index in [9.17, 15) is 14.4 Å². The van der Waals surface area contributed by atoms with Crippen molar-refractivity contribution in [2.75, 3.05) is 28.2 Å². The second-order valence-electron chi connectivity index (χ2n) is 9.92. The monoisotopic (exact) mass is 435 g/mol. The average molecular weight is 436 g/mol. The molecule has 170 valence electrons. The van der Waals surface area contributed by atoms with E-state index >= 15 is 0 Å². The van der Waals surface area contributed by atoms with Gasteiger partial charge in [0.15, 0.2) is 17.0 Å². The van der Waals surface area contributed by atoms with E-state index < -0.39 is 11.1 Å². The Morgan fingerprint density at radius 3 is 1.94 bits per heavy atom. The molecule has 0 spiro atoms. The van der Waals surface area contributed by atoms with Gasteiger partial charge in [-0.1, -0.05) is 0 Å². The SMILES string of the molecule is CN(C)C(C)(C)C(=O)c1ccc2c(c1)cc1c(=O)c(C(=O)C(C)(C)N(C)C)ccc-1n2C. The van der Waals surface area contributed by atoms with E-state index in [-0.39, 0.29) is 22.6 Å². The molecule has 3 rings (SSSR count). The summed E-state index contributed by atoms with van der Waals surface area (Å²) in [6.07, 6.45) is 0. The standard InChI is InChI=1S/C26H33N3O3/c1-25(2,27(5)6)23(31)16-10-12-20-17(14-16)15-19-21(29(20)9)13-11-18(22(19)30)24(32)26(3,4)28(7)8/h10-15H,1-9H3. The zero-order valence-corrected chi connectivity index (χ0v) is 20.5. The zero-order chi connectivity index (χ0) is 24.2. The van der Waals surface area contributed by atoms with Gasteiger partial charge < -0.3 is 4.57 Å². The number of fused-ring (bicyclic) bond motifs is 2.